The van der Waals surface area contributed by atoms with Crippen LogP contribution in [0.4, 0.5) is 0 Å². The molecule has 0 aliphatic heterocycles. The zero-order valence-electron chi connectivity index (χ0n) is 25.0. The average molecular weight is 606 g/mol. The Labute approximate surface area is 267 Å². The molecule has 0 saturated carbocycles. The van der Waals surface area contributed by atoms with Crippen LogP contribution in [0, 0.1) is 0 Å². The van der Waals surface area contributed by atoms with Crippen LogP contribution in [0.3, 0.4) is 0 Å². The summed E-state index contributed by atoms with van der Waals surface area (Å²) < 4.78 is 15.1. The monoisotopic (exact) mass is 605 g/mol. The Hall–Kier alpha value is -5.56. The SMILES string of the molecule is O=P(c1ccccc1)(c1ccccc1)c1ccc(-c2nc3c4ccccc4c4ccccc4c3c3c2ccc2ccccc23)cc1. The highest BCUT2D eigenvalue weighted by molar-refractivity contribution is 7.85. The maximum atomic E-state index is 15.1. The lowest BCUT2D eigenvalue weighted by Gasteiger charge is -2.20. The molecule has 0 aliphatic rings. The maximum Gasteiger partial charge on any atom is 0.171 e. The second-order valence-electron chi connectivity index (χ2n) is 11.8. The highest BCUT2D eigenvalue weighted by Gasteiger charge is 2.29. The Morgan fingerprint density at radius 2 is 0.870 bits per heavy atom. The Morgan fingerprint density at radius 1 is 0.370 bits per heavy atom. The van der Waals surface area contributed by atoms with Gasteiger partial charge in [0.2, 0.25) is 0 Å². The minimum atomic E-state index is -3.09. The number of pyridine rings is 1. The predicted octanol–water partition coefficient (Wildman–Crippen LogP) is 10.2. The Balaban J connectivity index is 1.36. The zero-order chi connectivity index (χ0) is 30.7. The van der Waals surface area contributed by atoms with Gasteiger partial charge in [0.25, 0.3) is 0 Å². The number of fused-ring (bicyclic) bond motifs is 10. The van der Waals surface area contributed by atoms with Crippen LogP contribution in [0.25, 0.3) is 65.3 Å². The molecule has 0 amide bonds. The molecule has 9 rings (SSSR count). The van der Waals surface area contributed by atoms with Crippen LogP contribution in [-0.4, -0.2) is 4.98 Å². The highest BCUT2D eigenvalue weighted by atomic mass is 31.2. The maximum absolute atomic E-state index is 15.1. The molecular weight excluding hydrogens is 577 g/mol. The molecule has 1 aromatic heterocycles. The van der Waals surface area contributed by atoms with Crippen molar-refractivity contribution in [2.75, 3.05) is 0 Å². The van der Waals surface area contributed by atoms with E-state index in [1.165, 1.54) is 37.7 Å². The van der Waals surface area contributed by atoms with E-state index in [0.717, 1.165) is 43.5 Å². The molecule has 0 unspecified atom stereocenters. The van der Waals surface area contributed by atoms with Crippen molar-refractivity contribution in [1.29, 1.82) is 0 Å². The molecule has 1 heterocycles. The molecule has 0 aliphatic carbocycles. The van der Waals surface area contributed by atoms with Crippen molar-refractivity contribution in [1.82, 2.24) is 4.98 Å². The van der Waals surface area contributed by atoms with Crippen LogP contribution in [0.2, 0.25) is 0 Å². The molecule has 0 N–H and O–H groups in total. The van der Waals surface area contributed by atoms with Crippen LogP contribution in [0.15, 0.2) is 170 Å². The molecule has 46 heavy (non-hydrogen) atoms. The minimum absolute atomic E-state index is 0.806. The van der Waals surface area contributed by atoms with E-state index < -0.39 is 7.14 Å². The minimum Gasteiger partial charge on any atom is -0.309 e. The molecule has 3 heteroatoms. The third-order valence-electron chi connectivity index (χ3n) is 9.31. The first kappa shape index (κ1) is 26.8. The second-order valence-corrected chi connectivity index (χ2v) is 14.6. The number of rotatable bonds is 4. The summed E-state index contributed by atoms with van der Waals surface area (Å²) in [6.07, 6.45) is 0. The van der Waals surface area contributed by atoms with Gasteiger partial charge in [0.05, 0.1) is 11.2 Å². The summed E-state index contributed by atoms with van der Waals surface area (Å²) in [5.74, 6) is 0. The highest BCUT2D eigenvalue weighted by Crippen LogP contribution is 2.45. The van der Waals surface area contributed by atoms with Gasteiger partial charge >= 0.3 is 0 Å². The van der Waals surface area contributed by atoms with Crippen molar-refractivity contribution in [3.05, 3.63) is 170 Å². The topological polar surface area (TPSA) is 30.0 Å². The molecule has 9 aromatic rings. The molecule has 8 aromatic carbocycles. The fourth-order valence-corrected chi connectivity index (χ4v) is 9.82. The van der Waals surface area contributed by atoms with Crippen molar-refractivity contribution in [3.8, 4) is 11.3 Å². The average Bonchev–Trinajstić information content (AvgIpc) is 3.14. The standard InChI is InChI=1S/C43H28NOP/c45-46(31-14-3-1-4-15-31,32-16-5-2-6-17-32)33-26-23-30(24-27-33)42-39-28-25-29-13-7-8-18-34(29)40(39)41-37-21-11-9-19-35(37)36-20-10-12-22-38(36)43(41)44-42/h1-28H. The van der Waals surface area contributed by atoms with Crippen LogP contribution < -0.4 is 15.9 Å². The van der Waals surface area contributed by atoms with Crippen LogP contribution in [0.1, 0.15) is 0 Å². The Bertz CT molecular complexity index is 2600. The summed E-state index contributed by atoms with van der Waals surface area (Å²) >= 11 is 0. The molecule has 0 bridgehead atoms. The normalized spacial score (nSPS) is 12.0. The van der Waals surface area contributed by atoms with Gasteiger partial charge in [-0.3, -0.25) is 0 Å². The summed E-state index contributed by atoms with van der Waals surface area (Å²) in [5, 5.41) is 13.1. The van der Waals surface area contributed by atoms with Gasteiger partial charge < -0.3 is 4.57 Å². The lowest BCUT2D eigenvalue weighted by atomic mass is 9.90. The Kier molecular flexibility index (Phi) is 6.13. The van der Waals surface area contributed by atoms with Gasteiger partial charge in [-0.15, -0.1) is 0 Å². The molecule has 0 saturated heterocycles. The fourth-order valence-electron chi connectivity index (χ4n) is 7.17. The van der Waals surface area contributed by atoms with E-state index in [4.69, 9.17) is 4.98 Å². The summed E-state index contributed by atoms with van der Waals surface area (Å²) in [7, 11) is -3.09. The summed E-state index contributed by atoms with van der Waals surface area (Å²) in [5.41, 5.74) is 2.92. The van der Waals surface area contributed by atoms with Gasteiger partial charge in [-0.2, -0.15) is 0 Å². The van der Waals surface area contributed by atoms with Gasteiger partial charge in [-0.25, -0.2) is 4.98 Å². The molecular formula is C43H28NOP. The quantitative estimate of drug-likeness (QED) is 0.148. The molecule has 2 nitrogen and oxygen atoms in total. The first-order valence-corrected chi connectivity index (χ1v) is 17.3. The van der Waals surface area contributed by atoms with E-state index in [0.29, 0.717) is 0 Å². The number of benzene rings is 8. The largest absolute Gasteiger partial charge is 0.309 e. The molecule has 0 spiro atoms. The molecule has 0 atom stereocenters. The van der Waals surface area contributed by atoms with E-state index in [1.54, 1.807) is 0 Å². The number of hydrogen-bond donors (Lipinski definition) is 0. The van der Waals surface area contributed by atoms with Crippen LogP contribution in [-0.2, 0) is 4.57 Å². The fraction of sp³-hybridized carbons (Fsp3) is 0. The van der Waals surface area contributed by atoms with Gasteiger partial charge in [-0.05, 0) is 26.9 Å². The molecule has 0 radical (unpaired) electrons. The van der Waals surface area contributed by atoms with Gasteiger partial charge in [0.15, 0.2) is 7.14 Å². The second kappa shape index (κ2) is 10.5. The third kappa shape index (κ3) is 3.97. The van der Waals surface area contributed by atoms with E-state index in [2.05, 4.69) is 97.1 Å². The predicted molar refractivity (Wildman–Crippen MR) is 197 cm³/mol. The van der Waals surface area contributed by atoms with Crippen molar-refractivity contribution >= 4 is 77.0 Å². The van der Waals surface area contributed by atoms with Crippen LogP contribution >= 0.6 is 7.14 Å². The van der Waals surface area contributed by atoms with Crippen molar-refractivity contribution in [2.24, 2.45) is 0 Å². The first-order chi connectivity index (χ1) is 22.7. The number of aromatic nitrogens is 1. The lowest BCUT2D eigenvalue weighted by molar-refractivity contribution is 0.592. The van der Waals surface area contributed by atoms with E-state index in [1.807, 2.05) is 72.8 Å². The molecule has 0 fully saturated rings. The van der Waals surface area contributed by atoms with Crippen molar-refractivity contribution in [3.63, 3.8) is 0 Å². The number of hydrogen-bond acceptors (Lipinski definition) is 2. The van der Waals surface area contributed by atoms with E-state index in [9.17, 15) is 0 Å². The number of nitrogens with zero attached hydrogens (tertiary/aromatic N) is 1. The first-order valence-electron chi connectivity index (χ1n) is 15.6. The summed E-state index contributed by atoms with van der Waals surface area (Å²) in [4.78, 5) is 5.50. The molecule has 216 valence electrons. The summed E-state index contributed by atoms with van der Waals surface area (Å²) in [6, 6.07) is 58.3. The van der Waals surface area contributed by atoms with E-state index >= 15 is 4.57 Å². The van der Waals surface area contributed by atoms with Gasteiger partial charge in [0, 0.05) is 43.0 Å². The van der Waals surface area contributed by atoms with E-state index in [-0.39, 0.29) is 0 Å². The van der Waals surface area contributed by atoms with Gasteiger partial charge in [-0.1, -0.05) is 170 Å². The summed E-state index contributed by atoms with van der Waals surface area (Å²) in [6.45, 7) is 0. The zero-order valence-corrected chi connectivity index (χ0v) is 25.9. The van der Waals surface area contributed by atoms with Crippen molar-refractivity contribution in [2.45, 2.75) is 0 Å². The van der Waals surface area contributed by atoms with Crippen molar-refractivity contribution < 1.29 is 4.57 Å². The van der Waals surface area contributed by atoms with Gasteiger partial charge in [0.1, 0.15) is 0 Å². The lowest BCUT2D eigenvalue weighted by Crippen LogP contribution is -2.24. The smallest absolute Gasteiger partial charge is 0.171 e. The Morgan fingerprint density at radius 3 is 1.52 bits per heavy atom. The van der Waals surface area contributed by atoms with Crippen LogP contribution in [0.5, 0.6) is 0 Å². The third-order valence-corrected chi connectivity index (χ3v) is 12.4.